The first-order valence-electron chi connectivity index (χ1n) is 4.02. The monoisotopic (exact) mass is 208 g/mol. The summed E-state index contributed by atoms with van der Waals surface area (Å²) < 4.78 is 4.24. The molecule has 0 amide bonds. The first-order chi connectivity index (χ1) is 7.06. The van der Waals surface area contributed by atoms with Gasteiger partial charge >= 0.3 is 11.9 Å². The van der Waals surface area contributed by atoms with E-state index in [9.17, 15) is 14.4 Å². The maximum atomic E-state index is 11.2. The Labute approximate surface area is 85.3 Å². The molecule has 0 fully saturated rings. The Hall–Kier alpha value is -2.17. The van der Waals surface area contributed by atoms with E-state index in [1.54, 1.807) is 0 Å². The van der Waals surface area contributed by atoms with Crippen LogP contribution < -0.4 is 0 Å². The number of carboxylic acids is 1. The fraction of sp³-hybridized carbons (Fsp3) is 0.100. The Morgan fingerprint density at radius 2 is 1.53 bits per heavy atom. The second-order valence-corrected chi connectivity index (χ2v) is 2.70. The Balaban J connectivity index is 2.94. The van der Waals surface area contributed by atoms with E-state index in [0.717, 1.165) is 7.11 Å². The van der Waals surface area contributed by atoms with E-state index in [2.05, 4.69) is 4.74 Å². The van der Waals surface area contributed by atoms with Gasteiger partial charge in [0.25, 0.3) is 5.78 Å². The molecule has 0 spiro atoms. The highest BCUT2D eigenvalue weighted by molar-refractivity contribution is 6.40. The fourth-order valence-electron chi connectivity index (χ4n) is 0.975. The number of hydrogen-bond donors (Lipinski definition) is 1. The lowest BCUT2D eigenvalue weighted by Crippen LogP contribution is -2.15. The predicted octanol–water partition coefficient (Wildman–Crippen LogP) is 0.740. The van der Waals surface area contributed by atoms with Gasteiger partial charge in [-0.3, -0.25) is 4.79 Å². The molecule has 0 radical (unpaired) electrons. The summed E-state index contributed by atoms with van der Waals surface area (Å²) in [6.07, 6.45) is 0. The Kier molecular flexibility index (Phi) is 3.17. The second kappa shape index (κ2) is 4.36. The summed E-state index contributed by atoms with van der Waals surface area (Å²) in [7, 11) is 1.10. The molecule has 5 heteroatoms. The SMILES string of the molecule is COC(=O)C(=O)c1ccc(C(=O)O)cc1. The molecule has 1 rings (SSSR count). The molecule has 15 heavy (non-hydrogen) atoms. The van der Waals surface area contributed by atoms with Crippen LogP contribution in [0, 0.1) is 0 Å². The van der Waals surface area contributed by atoms with Crippen molar-refractivity contribution < 1.29 is 24.2 Å². The zero-order valence-electron chi connectivity index (χ0n) is 7.89. The van der Waals surface area contributed by atoms with E-state index >= 15 is 0 Å². The van der Waals surface area contributed by atoms with Gasteiger partial charge < -0.3 is 9.84 Å². The van der Waals surface area contributed by atoms with Gasteiger partial charge in [-0.1, -0.05) is 0 Å². The molecule has 0 aromatic heterocycles. The molecule has 0 aliphatic heterocycles. The van der Waals surface area contributed by atoms with E-state index in [1.165, 1.54) is 24.3 Å². The highest BCUT2D eigenvalue weighted by Gasteiger charge is 2.16. The standard InChI is InChI=1S/C10H8O5/c1-15-10(14)8(11)6-2-4-7(5-3-6)9(12)13/h2-5H,1H3,(H,12,13). The van der Waals surface area contributed by atoms with Crippen LogP contribution in [0.2, 0.25) is 0 Å². The van der Waals surface area contributed by atoms with Gasteiger partial charge in [0.05, 0.1) is 12.7 Å². The molecule has 0 atom stereocenters. The number of Topliss-reactive ketones (excluding diaryl/α,β-unsaturated/α-hetero) is 1. The number of carbonyl (C=O) groups is 3. The van der Waals surface area contributed by atoms with Crippen LogP contribution in [0.3, 0.4) is 0 Å². The molecular weight excluding hydrogens is 200 g/mol. The van der Waals surface area contributed by atoms with Crippen LogP contribution in [0.1, 0.15) is 20.7 Å². The Morgan fingerprint density at radius 3 is 1.93 bits per heavy atom. The summed E-state index contributed by atoms with van der Waals surface area (Å²) in [5.41, 5.74) is 0.156. The third-order valence-corrected chi connectivity index (χ3v) is 1.76. The average molecular weight is 208 g/mol. The maximum Gasteiger partial charge on any atom is 0.379 e. The minimum Gasteiger partial charge on any atom is -0.478 e. The van der Waals surface area contributed by atoms with Crippen LogP contribution in [0.25, 0.3) is 0 Å². The Morgan fingerprint density at radius 1 is 1.07 bits per heavy atom. The quantitative estimate of drug-likeness (QED) is 0.450. The van der Waals surface area contributed by atoms with Crippen LogP contribution >= 0.6 is 0 Å². The van der Waals surface area contributed by atoms with E-state index in [4.69, 9.17) is 5.11 Å². The topological polar surface area (TPSA) is 80.7 Å². The number of carboxylic acid groups (broad SMARTS) is 1. The van der Waals surface area contributed by atoms with Crippen LogP contribution in [0.5, 0.6) is 0 Å². The van der Waals surface area contributed by atoms with Gasteiger partial charge in [0.1, 0.15) is 0 Å². The first kappa shape index (κ1) is 10.9. The first-order valence-corrected chi connectivity index (χ1v) is 4.02. The lowest BCUT2D eigenvalue weighted by molar-refractivity contribution is -0.135. The van der Waals surface area contributed by atoms with Gasteiger partial charge in [-0.15, -0.1) is 0 Å². The number of benzene rings is 1. The van der Waals surface area contributed by atoms with Gasteiger partial charge in [-0.25, -0.2) is 9.59 Å². The normalized spacial score (nSPS) is 9.40. The van der Waals surface area contributed by atoms with Crippen molar-refractivity contribution in [1.29, 1.82) is 0 Å². The molecular formula is C10H8O5. The number of methoxy groups -OCH3 is 1. The molecule has 1 aromatic rings. The molecule has 5 nitrogen and oxygen atoms in total. The van der Waals surface area contributed by atoms with Gasteiger partial charge in [-0.05, 0) is 24.3 Å². The van der Waals surface area contributed by atoms with Crippen molar-refractivity contribution >= 4 is 17.7 Å². The summed E-state index contributed by atoms with van der Waals surface area (Å²) in [6, 6.07) is 5.03. The Bertz CT molecular complexity index is 404. The third kappa shape index (κ3) is 2.40. The predicted molar refractivity (Wildman–Crippen MR) is 49.7 cm³/mol. The van der Waals surface area contributed by atoms with Crippen molar-refractivity contribution in [2.24, 2.45) is 0 Å². The van der Waals surface area contributed by atoms with E-state index in [-0.39, 0.29) is 11.1 Å². The van der Waals surface area contributed by atoms with Crippen molar-refractivity contribution in [3.05, 3.63) is 35.4 Å². The molecule has 0 aliphatic rings. The highest BCUT2D eigenvalue weighted by Crippen LogP contribution is 2.05. The second-order valence-electron chi connectivity index (χ2n) is 2.70. The number of ketones is 1. The molecule has 0 saturated carbocycles. The van der Waals surface area contributed by atoms with Crippen molar-refractivity contribution in [3.8, 4) is 0 Å². The lowest BCUT2D eigenvalue weighted by atomic mass is 10.1. The zero-order chi connectivity index (χ0) is 11.4. The fourth-order valence-corrected chi connectivity index (χ4v) is 0.975. The van der Waals surface area contributed by atoms with E-state index in [1.807, 2.05) is 0 Å². The van der Waals surface area contributed by atoms with Crippen LogP contribution in [-0.2, 0) is 9.53 Å². The molecule has 0 aliphatic carbocycles. The lowest BCUT2D eigenvalue weighted by Gasteiger charge is -1.99. The zero-order valence-corrected chi connectivity index (χ0v) is 7.89. The van der Waals surface area contributed by atoms with Crippen molar-refractivity contribution in [3.63, 3.8) is 0 Å². The molecule has 78 valence electrons. The third-order valence-electron chi connectivity index (χ3n) is 1.76. The van der Waals surface area contributed by atoms with Crippen molar-refractivity contribution in [2.75, 3.05) is 7.11 Å². The van der Waals surface area contributed by atoms with E-state index < -0.39 is 17.7 Å². The number of ether oxygens (including phenoxy) is 1. The molecule has 0 bridgehead atoms. The summed E-state index contributed by atoms with van der Waals surface area (Å²) in [4.78, 5) is 32.6. The van der Waals surface area contributed by atoms with Gasteiger partial charge in [0.2, 0.25) is 0 Å². The van der Waals surface area contributed by atoms with Crippen molar-refractivity contribution in [1.82, 2.24) is 0 Å². The molecule has 0 heterocycles. The number of rotatable bonds is 3. The number of carbonyl (C=O) groups excluding carboxylic acids is 2. The summed E-state index contributed by atoms with van der Waals surface area (Å²) in [6.45, 7) is 0. The molecule has 1 N–H and O–H groups in total. The summed E-state index contributed by atoms with van der Waals surface area (Å²) >= 11 is 0. The highest BCUT2D eigenvalue weighted by atomic mass is 16.5. The van der Waals surface area contributed by atoms with Crippen LogP contribution in [0.4, 0.5) is 0 Å². The van der Waals surface area contributed by atoms with Crippen molar-refractivity contribution in [2.45, 2.75) is 0 Å². The maximum absolute atomic E-state index is 11.2. The minimum atomic E-state index is -1.09. The number of esters is 1. The van der Waals surface area contributed by atoms with Crippen LogP contribution in [0.15, 0.2) is 24.3 Å². The molecule has 0 unspecified atom stereocenters. The largest absolute Gasteiger partial charge is 0.478 e. The summed E-state index contributed by atoms with van der Waals surface area (Å²) in [5.74, 6) is -2.86. The van der Waals surface area contributed by atoms with Gasteiger partial charge in [-0.2, -0.15) is 0 Å². The van der Waals surface area contributed by atoms with Gasteiger partial charge in [0, 0.05) is 5.56 Å². The number of aromatic carboxylic acids is 1. The minimum absolute atomic E-state index is 0.0522. The van der Waals surface area contributed by atoms with E-state index in [0.29, 0.717) is 0 Å². The van der Waals surface area contributed by atoms with Gasteiger partial charge in [0.15, 0.2) is 0 Å². The smallest absolute Gasteiger partial charge is 0.379 e. The summed E-state index contributed by atoms with van der Waals surface area (Å²) in [5, 5.41) is 8.59. The average Bonchev–Trinajstić information content (AvgIpc) is 2.27. The van der Waals surface area contributed by atoms with Crippen LogP contribution in [-0.4, -0.2) is 29.9 Å². The number of hydrogen-bond acceptors (Lipinski definition) is 4. The molecule has 1 aromatic carbocycles. The molecule has 0 saturated heterocycles.